The Kier molecular flexibility index (Phi) is 5.28. The zero-order chi connectivity index (χ0) is 24.2. The molecule has 2 unspecified atom stereocenters. The molecule has 3 aliphatic carbocycles. The summed E-state index contributed by atoms with van der Waals surface area (Å²) in [5.74, 6) is 3.75. The number of aromatic nitrogens is 5. The number of halogens is 1. The fourth-order valence-corrected chi connectivity index (χ4v) is 6.88. The number of pyridine rings is 1. The molecule has 3 aromatic heterocycles. The molecule has 5 nitrogen and oxygen atoms in total. The van der Waals surface area contributed by atoms with Crippen molar-refractivity contribution >= 4 is 33.4 Å². The summed E-state index contributed by atoms with van der Waals surface area (Å²) in [6.45, 7) is 2.46. The number of aromatic amines is 1. The van der Waals surface area contributed by atoms with Gasteiger partial charge in [0.05, 0.1) is 16.1 Å². The van der Waals surface area contributed by atoms with Gasteiger partial charge in [-0.05, 0) is 84.7 Å². The van der Waals surface area contributed by atoms with Crippen LogP contribution in [0.15, 0.2) is 60.8 Å². The van der Waals surface area contributed by atoms with Crippen LogP contribution >= 0.6 is 11.6 Å². The maximum Gasteiger partial charge on any atom is 0.181 e. The second-order valence-corrected chi connectivity index (χ2v) is 11.1. The van der Waals surface area contributed by atoms with E-state index in [2.05, 4.69) is 70.6 Å². The lowest BCUT2D eigenvalue weighted by atomic mass is 9.58. The molecule has 6 heteroatoms. The zero-order valence-corrected chi connectivity index (χ0v) is 21.0. The van der Waals surface area contributed by atoms with Gasteiger partial charge in [0.2, 0.25) is 0 Å². The molecule has 0 radical (unpaired) electrons. The maximum atomic E-state index is 6.28. The average Bonchev–Trinajstić information content (AvgIpc) is 3.33. The second-order valence-electron chi connectivity index (χ2n) is 10.7. The summed E-state index contributed by atoms with van der Waals surface area (Å²) in [5, 5.41) is 11.4. The number of hydrogen-bond donors (Lipinski definition) is 1. The van der Waals surface area contributed by atoms with Gasteiger partial charge in [-0.2, -0.15) is 5.10 Å². The molecule has 8 rings (SSSR count). The van der Waals surface area contributed by atoms with Crippen molar-refractivity contribution in [2.75, 3.05) is 0 Å². The number of benzene rings is 2. The van der Waals surface area contributed by atoms with Crippen LogP contribution in [-0.2, 0) is 6.42 Å². The standard InChI is InChI=1S/C30H28ClN5/c1-17-18-6-9-20(10-7-18)25(17)14-24-15-27(22-11-8-19-4-2-3-5-21(19)12-22)34-30(33-24)28-26-13-23(31)16-32-29(26)36-35-28/h2-5,8,11-13,15-18,20,25H,6-7,9-10,14H2,1H3,(H,32,35,36). The topological polar surface area (TPSA) is 67.3 Å². The average molecular weight is 494 g/mol. The van der Waals surface area contributed by atoms with Crippen LogP contribution in [0, 0.1) is 23.7 Å². The highest BCUT2D eigenvalue weighted by atomic mass is 35.5. The summed E-state index contributed by atoms with van der Waals surface area (Å²) in [6, 6.07) is 19.1. The lowest BCUT2D eigenvalue weighted by Gasteiger charge is -2.47. The molecule has 0 amide bonds. The van der Waals surface area contributed by atoms with Gasteiger partial charge in [-0.25, -0.2) is 15.0 Å². The minimum atomic E-state index is 0.572. The van der Waals surface area contributed by atoms with E-state index in [1.165, 1.54) is 36.5 Å². The van der Waals surface area contributed by atoms with Crippen molar-refractivity contribution in [2.24, 2.45) is 23.7 Å². The molecule has 2 aromatic carbocycles. The molecule has 0 aliphatic heterocycles. The van der Waals surface area contributed by atoms with Gasteiger partial charge < -0.3 is 0 Å². The van der Waals surface area contributed by atoms with Crippen molar-refractivity contribution < 1.29 is 0 Å². The third kappa shape index (κ3) is 3.77. The molecule has 2 bridgehead atoms. The van der Waals surface area contributed by atoms with Crippen molar-refractivity contribution in [2.45, 2.75) is 39.0 Å². The van der Waals surface area contributed by atoms with Crippen LogP contribution in [0.1, 0.15) is 38.3 Å². The number of hydrogen-bond acceptors (Lipinski definition) is 4. The number of nitrogens with one attached hydrogen (secondary N) is 1. The molecular weight excluding hydrogens is 466 g/mol. The first-order valence-corrected chi connectivity index (χ1v) is 13.4. The fraction of sp³-hybridized carbons (Fsp3) is 0.333. The molecule has 5 aromatic rings. The van der Waals surface area contributed by atoms with Gasteiger partial charge in [0.25, 0.3) is 0 Å². The van der Waals surface area contributed by atoms with E-state index in [9.17, 15) is 0 Å². The monoisotopic (exact) mass is 493 g/mol. The second kappa shape index (κ2) is 8.67. The molecule has 0 spiro atoms. The van der Waals surface area contributed by atoms with E-state index in [-0.39, 0.29) is 0 Å². The summed E-state index contributed by atoms with van der Waals surface area (Å²) in [7, 11) is 0. The highest BCUT2D eigenvalue weighted by Gasteiger charge is 2.41. The van der Waals surface area contributed by atoms with Crippen LogP contribution in [0.2, 0.25) is 5.02 Å². The first kappa shape index (κ1) is 21.9. The molecule has 3 fully saturated rings. The van der Waals surface area contributed by atoms with Crippen molar-refractivity contribution in [1.82, 2.24) is 25.1 Å². The molecule has 3 aliphatic rings. The van der Waals surface area contributed by atoms with Gasteiger partial charge in [-0.1, -0.05) is 54.9 Å². The Hall–Kier alpha value is -3.31. The van der Waals surface area contributed by atoms with Gasteiger partial charge in [0.1, 0.15) is 5.69 Å². The summed E-state index contributed by atoms with van der Waals surface area (Å²) >= 11 is 6.28. The Labute approximate surface area is 215 Å². The Morgan fingerprint density at radius 1 is 0.917 bits per heavy atom. The predicted molar refractivity (Wildman–Crippen MR) is 145 cm³/mol. The van der Waals surface area contributed by atoms with Crippen LogP contribution in [-0.4, -0.2) is 25.1 Å². The first-order valence-electron chi connectivity index (χ1n) is 13.0. The van der Waals surface area contributed by atoms with E-state index in [1.54, 1.807) is 6.20 Å². The van der Waals surface area contributed by atoms with E-state index in [0.717, 1.165) is 52.2 Å². The fourth-order valence-electron chi connectivity index (χ4n) is 6.73. The third-order valence-corrected chi connectivity index (χ3v) is 8.92. The van der Waals surface area contributed by atoms with Crippen LogP contribution in [0.4, 0.5) is 0 Å². The molecule has 2 atom stereocenters. The first-order chi connectivity index (χ1) is 17.6. The van der Waals surface area contributed by atoms with Gasteiger partial charge >= 0.3 is 0 Å². The largest absolute Gasteiger partial charge is 0.272 e. The molecular formula is C30H28ClN5. The lowest BCUT2D eigenvalue weighted by molar-refractivity contribution is 0.0339. The molecule has 0 saturated heterocycles. The zero-order valence-electron chi connectivity index (χ0n) is 20.3. The van der Waals surface area contributed by atoms with E-state index in [0.29, 0.717) is 22.4 Å². The van der Waals surface area contributed by atoms with Crippen LogP contribution in [0.3, 0.4) is 0 Å². The van der Waals surface area contributed by atoms with E-state index in [4.69, 9.17) is 21.6 Å². The minimum Gasteiger partial charge on any atom is -0.272 e. The van der Waals surface area contributed by atoms with Crippen molar-refractivity contribution in [3.05, 3.63) is 71.5 Å². The Balaban J connectivity index is 1.36. The lowest BCUT2D eigenvalue weighted by Crippen LogP contribution is -2.39. The quantitative estimate of drug-likeness (QED) is 0.281. The van der Waals surface area contributed by atoms with Crippen LogP contribution < -0.4 is 0 Å². The van der Waals surface area contributed by atoms with E-state index in [1.807, 2.05) is 6.07 Å². The normalized spacial score (nSPS) is 23.5. The van der Waals surface area contributed by atoms with Gasteiger partial charge in [0, 0.05) is 17.5 Å². The Morgan fingerprint density at radius 3 is 2.56 bits per heavy atom. The number of rotatable bonds is 4. The Bertz CT molecular complexity index is 1580. The van der Waals surface area contributed by atoms with Crippen molar-refractivity contribution in [1.29, 1.82) is 0 Å². The van der Waals surface area contributed by atoms with E-state index >= 15 is 0 Å². The minimum absolute atomic E-state index is 0.572. The Morgan fingerprint density at radius 2 is 1.72 bits per heavy atom. The number of nitrogens with zero attached hydrogens (tertiary/aromatic N) is 4. The van der Waals surface area contributed by atoms with E-state index < -0.39 is 0 Å². The molecule has 3 saturated carbocycles. The summed E-state index contributed by atoms with van der Waals surface area (Å²) in [5.41, 5.74) is 4.52. The van der Waals surface area contributed by atoms with Crippen LogP contribution in [0.25, 0.3) is 44.6 Å². The summed E-state index contributed by atoms with van der Waals surface area (Å²) < 4.78 is 0. The molecule has 3 heterocycles. The summed E-state index contributed by atoms with van der Waals surface area (Å²) in [6.07, 6.45) is 8.13. The highest BCUT2D eigenvalue weighted by molar-refractivity contribution is 6.31. The highest BCUT2D eigenvalue weighted by Crippen LogP contribution is 2.49. The number of fused-ring (bicyclic) bond motifs is 5. The molecule has 1 N–H and O–H groups in total. The molecule has 36 heavy (non-hydrogen) atoms. The maximum absolute atomic E-state index is 6.28. The van der Waals surface area contributed by atoms with Gasteiger partial charge in [-0.15, -0.1) is 0 Å². The SMILES string of the molecule is CC1C2CCC(CC2)C1Cc1cc(-c2ccc3ccccc3c2)nc(-c2[nH]nc3ncc(Cl)cc23)n1. The predicted octanol–water partition coefficient (Wildman–Crippen LogP) is 7.50. The number of H-pyrrole nitrogens is 1. The third-order valence-electron chi connectivity index (χ3n) is 8.71. The van der Waals surface area contributed by atoms with Crippen LogP contribution in [0.5, 0.6) is 0 Å². The molecule has 180 valence electrons. The van der Waals surface area contributed by atoms with Gasteiger partial charge in [0.15, 0.2) is 11.5 Å². The summed E-state index contributed by atoms with van der Waals surface area (Å²) in [4.78, 5) is 14.5. The van der Waals surface area contributed by atoms with Crippen molar-refractivity contribution in [3.8, 4) is 22.8 Å². The smallest absolute Gasteiger partial charge is 0.181 e. The van der Waals surface area contributed by atoms with Gasteiger partial charge in [-0.3, -0.25) is 5.10 Å². The van der Waals surface area contributed by atoms with Crippen molar-refractivity contribution in [3.63, 3.8) is 0 Å².